The van der Waals surface area contributed by atoms with Crippen molar-refractivity contribution in [2.75, 3.05) is 33.4 Å². The van der Waals surface area contributed by atoms with Crippen LogP contribution in [0.1, 0.15) is 50.8 Å². The number of hydrogen-bond acceptors (Lipinski definition) is 5. The maximum absolute atomic E-state index is 13.8. The molecule has 2 heterocycles. The number of carbonyl (C=O) groups excluding carboxylic acids is 2. The number of ether oxygens (including phenoxy) is 2. The van der Waals surface area contributed by atoms with E-state index < -0.39 is 0 Å². The smallest absolute Gasteiger partial charge is 0.254 e. The molecule has 1 fully saturated rings. The largest absolute Gasteiger partial charge is 0.497 e. The predicted molar refractivity (Wildman–Crippen MR) is 146 cm³/mol. The summed E-state index contributed by atoms with van der Waals surface area (Å²) in [5, 5.41) is 2.09. The van der Waals surface area contributed by atoms with E-state index in [-0.39, 0.29) is 24.4 Å². The first-order valence-electron chi connectivity index (χ1n) is 12.9. The zero-order chi connectivity index (χ0) is 25.9. The molecule has 1 aliphatic carbocycles. The molecule has 0 saturated heterocycles. The Hall–Kier alpha value is -3.32. The van der Waals surface area contributed by atoms with Gasteiger partial charge in [0.1, 0.15) is 24.7 Å². The molecule has 3 aromatic rings. The molecule has 1 aromatic heterocycles. The topological polar surface area (TPSA) is 59.1 Å². The maximum Gasteiger partial charge on any atom is 0.254 e. The third-order valence-corrected chi connectivity index (χ3v) is 8.26. The highest BCUT2D eigenvalue weighted by Crippen LogP contribution is 2.35. The second-order valence-electron chi connectivity index (χ2n) is 10.1. The second kappa shape index (κ2) is 11.0. The van der Waals surface area contributed by atoms with Crippen molar-refractivity contribution in [1.82, 2.24) is 9.80 Å². The van der Waals surface area contributed by atoms with E-state index in [1.54, 1.807) is 47.6 Å². The molecular weight excluding hydrogens is 484 g/mol. The Morgan fingerprint density at radius 2 is 1.86 bits per heavy atom. The molecule has 0 bridgehead atoms. The number of nitrogens with zero attached hydrogens (tertiary/aromatic N) is 2. The summed E-state index contributed by atoms with van der Waals surface area (Å²) in [7, 11) is 1.60. The van der Waals surface area contributed by atoms with Crippen LogP contribution in [0.15, 0.2) is 53.9 Å². The van der Waals surface area contributed by atoms with Crippen molar-refractivity contribution in [2.45, 2.75) is 39.2 Å². The number of amides is 2. The van der Waals surface area contributed by atoms with Crippen molar-refractivity contribution in [3.8, 4) is 11.5 Å². The summed E-state index contributed by atoms with van der Waals surface area (Å²) in [4.78, 5) is 32.2. The van der Waals surface area contributed by atoms with Gasteiger partial charge < -0.3 is 19.3 Å². The van der Waals surface area contributed by atoms with E-state index >= 15 is 0 Å². The number of rotatable bonds is 9. The van der Waals surface area contributed by atoms with Crippen LogP contribution in [0, 0.1) is 19.8 Å². The van der Waals surface area contributed by atoms with Crippen LogP contribution >= 0.6 is 11.3 Å². The maximum atomic E-state index is 13.8. The van der Waals surface area contributed by atoms with Gasteiger partial charge in [-0.05, 0) is 91.9 Å². The fourth-order valence-electron chi connectivity index (χ4n) is 5.01. The summed E-state index contributed by atoms with van der Waals surface area (Å²) in [6, 6.07) is 15.2. The minimum absolute atomic E-state index is 0.0337. The van der Waals surface area contributed by atoms with Crippen molar-refractivity contribution in [3.05, 3.63) is 81.0 Å². The van der Waals surface area contributed by atoms with Crippen LogP contribution in [0.2, 0.25) is 0 Å². The zero-order valence-electron chi connectivity index (χ0n) is 21.7. The molecule has 7 heteroatoms. The van der Waals surface area contributed by atoms with Gasteiger partial charge in [0.15, 0.2) is 0 Å². The highest BCUT2D eigenvalue weighted by molar-refractivity contribution is 7.10. The van der Waals surface area contributed by atoms with Crippen LogP contribution < -0.4 is 9.47 Å². The lowest BCUT2D eigenvalue weighted by molar-refractivity contribution is -0.135. The van der Waals surface area contributed by atoms with Crippen molar-refractivity contribution < 1.29 is 19.1 Å². The summed E-state index contributed by atoms with van der Waals surface area (Å²) in [6.45, 7) is 5.80. The van der Waals surface area contributed by atoms with Crippen LogP contribution in [0.3, 0.4) is 0 Å². The third-order valence-electron chi connectivity index (χ3n) is 7.27. The molecule has 6 nitrogen and oxygen atoms in total. The lowest BCUT2D eigenvalue weighted by Gasteiger charge is -2.37. The van der Waals surface area contributed by atoms with Gasteiger partial charge in [-0.2, -0.15) is 0 Å². The first kappa shape index (κ1) is 25.3. The molecular formula is C30H34N2O4S. The molecule has 5 rings (SSSR count). The van der Waals surface area contributed by atoms with Crippen molar-refractivity contribution >= 4 is 23.2 Å². The Morgan fingerprint density at radius 1 is 1.08 bits per heavy atom. The lowest BCUT2D eigenvalue weighted by Crippen LogP contribution is -2.48. The predicted octanol–water partition coefficient (Wildman–Crippen LogP) is 5.43. The van der Waals surface area contributed by atoms with Crippen molar-refractivity contribution in [1.29, 1.82) is 0 Å². The molecule has 0 spiro atoms. The summed E-state index contributed by atoms with van der Waals surface area (Å²) in [5.41, 5.74) is 4.00. The van der Waals surface area contributed by atoms with E-state index in [2.05, 4.69) is 24.4 Å². The SMILES string of the molecule is COc1ccc(C(=O)N(CC(=O)N2CCc3sccc3[C@H]2COc2ccc(C)cc2C)CC2CC2)cc1. The quantitative estimate of drug-likeness (QED) is 0.379. The molecule has 0 radical (unpaired) electrons. The average Bonchev–Trinajstić information content (AvgIpc) is 3.59. The van der Waals surface area contributed by atoms with E-state index in [0.717, 1.165) is 36.1 Å². The number of fused-ring (bicyclic) bond motifs is 1. The molecule has 1 atom stereocenters. The molecule has 0 unspecified atom stereocenters. The van der Waals surface area contributed by atoms with Gasteiger partial charge in [-0.25, -0.2) is 0 Å². The van der Waals surface area contributed by atoms with E-state index in [4.69, 9.17) is 9.47 Å². The molecule has 2 amide bonds. The van der Waals surface area contributed by atoms with Crippen molar-refractivity contribution in [3.63, 3.8) is 0 Å². The summed E-state index contributed by atoms with van der Waals surface area (Å²) in [5.74, 6) is 1.87. The highest BCUT2D eigenvalue weighted by atomic mass is 32.1. The normalized spacial score (nSPS) is 16.7. The van der Waals surface area contributed by atoms with E-state index in [0.29, 0.717) is 36.9 Å². The van der Waals surface area contributed by atoms with Gasteiger partial charge in [0.25, 0.3) is 5.91 Å². The second-order valence-corrected chi connectivity index (χ2v) is 11.1. The van der Waals surface area contributed by atoms with Gasteiger partial charge in [-0.15, -0.1) is 11.3 Å². The Kier molecular flexibility index (Phi) is 7.51. The lowest BCUT2D eigenvalue weighted by atomic mass is 10.00. The van der Waals surface area contributed by atoms with E-state index in [1.165, 1.54) is 10.4 Å². The number of benzene rings is 2. The highest BCUT2D eigenvalue weighted by Gasteiger charge is 2.35. The number of hydrogen-bond donors (Lipinski definition) is 0. The van der Waals surface area contributed by atoms with E-state index in [1.807, 2.05) is 24.0 Å². The minimum atomic E-state index is -0.179. The van der Waals surface area contributed by atoms with Crippen LogP contribution in [0.4, 0.5) is 0 Å². The molecule has 37 heavy (non-hydrogen) atoms. The fraction of sp³-hybridized carbons (Fsp3) is 0.400. The Balaban J connectivity index is 1.34. The molecule has 2 aromatic carbocycles. The third kappa shape index (κ3) is 5.82. The first-order chi connectivity index (χ1) is 17.9. The minimum Gasteiger partial charge on any atom is -0.497 e. The van der Waals surface area contributed by atoms with Gasteiger partial charge in [-0.3, -0.25) is 9.59 Å². The van der Waals surface area contributed by atoms with Gasteiger partial charge in [0.05, 0.1) is 13.2 Å². The fourth-order valence-corrected chi connectivity index (χ4v) is 5.93. The number of aryl methyl sites for hydroxylation is 2. The monoisotopic (exact) mass is 518 g/mol. The number of carbonyl (C=O) groups is 2. The molecule has 1 aliphatic heterocycles. The number of methoxy groups -OCH3 is 1. The Morgan fingerprint density at radius 3 is 2.57 bits per heavy atom. The van der Waals surface area contributed by atoms with Gasteiger partial charge in [-0.1, -0.05) is 17.7 Å². The Bertz CT molecular complexity index is 1260. The first-order valence-corrected chi connectivity index (χ1v) is 13.8. The van der Waals surface area contributed by atoms with Crippen molar-refractivity contribution in [2.24, 2.45) is 5.92 Å². The average molecular weight is 519 g/mol. The summed E-state index contributed by atoms with van der Waals surface area (Å²) >= 11 is 1.74. The molecule has 1 saturated carbocycles. The standard InChI is InChI=1S/C30H34N2O4S/c1-20-4-11-27(21(2)16-20)36-19-26-25-13-15-37-28(25)12-14-32(26)29(33)18-31(17-22-5-6-22)30(34)23-7-9-24(35-3)10-8-23/h4,7-11,13,15-16,22,26H,5-6,12,14,17-19H2,1-3H3/t26-/m1/s1. The number of thiophene rings is 1. The van der Waals surface area contributed by atoms with Gasteiger partial charge in [0.2, 0.25) is 5.91 Å². The molecule has 0 N–H and O–H groups in total. The van der Waals surface area contributed by atoms with E-state index in [9.17, 15) is 9.59 Å². The van der Waals surface area contributed by atoms with Crippen LogP contribution in [-0.4, -0.2) is 55.0 Å². The van der Waals surface area contributed by atoms with Gasteiger partial charge in [0, 0.05) is 23.5 Å². The Labute approximate surface area is 222 Å². The van der Waals surface area contributed by atoms with Crippen LogP contribution in [0.5, 0.6) is 11.5 Å². The van der Waals surface area contributed by atoms with Crippen LogP contribution in [-0.2, 0) is 11.2 Å². The van der Waals surface area contributed by atoms with Crippen LogP contribution in [0.25, 0.3) is 0 Å². The summed E-state index contributed by atoms with van der Waals surface area (Å²) in [6.07, 6.45) is 3.04. The zero-order valence-corrected chi connectivity index (χ0v) is 22.6. The van der Waals surface area contributed by atoms with Gasteiger partial charge >= 0.3 is 0 Å². The molecule has 2 aliphatic rings. The summed E-state index contributed by atoms with van der Waals surface area (Å²) < 4.78 is 11.5. The molecule has 194 valence electrons.